The zero-order valence-electron chi connectivity index (χ0n) is 19.9. The number of nitrogens with one attached hydrogen (secondary N) is 2. The Kier molecular flexibility index (Phi) is 12.2. The van der Waals surface area contributed by atoms with Gasteiger partial charge in [-0.2, -0.15) is 0 Å². The van der Waals surface area contributed by atoms with E-state index in [1.807, 2.05) is 85.0 Å². The number of hydrogen-bond donors (Lipinski definition) is 2. The van der Waals surface area contributed by atoms with Crippen LogP contribution in [-0.4, -0.2) is 13.2 Å². The minimum absolute atomic E-state index is 0.170. The smallest absolute Gasteiger partial charge is 0.119 e. The molecule has 0 amide bonds. The molecular weight excluding hydrogens is 404 g/mol. The molecule has 0 fully saturated rings. The van der Waals surface area contributed by atoms with E-state index in [1.54, 1.807) is 0 Å². The van der Waals surface area contributed by atoms with Crippen LogP contribution in [0.25, 0.3) is 0 Å². The number of benzene rings is 3. The minimum Gasteiger partial charge on any atom is -0.491 e. The first kappa shape index (κ1) is 26.4. The quantitative estimate of drug-likeness (QED) is 0.386. The van der Waals surface area contributed by atoms with Crippen molar-refractivity contribution in [1.29, 1.82) is 0 Å². The van der Waals surface area contributed by atoms with Crippen LogP contribution in [0.4, 0.5) is 17.1 Å². The van der Waals surface area contributed by atoms with Crippen molar-refractivity contribution in [2.45, 2.75) is 54.1 Å². The van der Waals surface area contributed by atoms with E-state index in [2.05, 4.69) is 41.0 Å². The van der Waals surface area contributed by atoms with Crippen molar-refractivity contribution >= 4 is 28.7 Å². The molecule has 2 N–H and O–H groups in total. The third kappa shape index (κ3) is 8.94. The van der Waals surface area contributed by atoms with E-state index in [1.165, 1.54) is 11.1 Å². The van der Waals surface area contributed by atoms with E-state index in [9.17, 15) is 0 Å². The Bertz CT molecular complexity index is 875. The van der Waals surface area contributed by atoms with Gasteiger partial charge in [0, 0.05) is 29.1 Å². The van der Waals surface area contributed by atoms with Crippen LogP contribution >= 0.6 is 11.6 Å². The van der Waals surface area contributed by atoms with Crippen LogP contribution in [-0.2, 0) is 6.42 Å². The molecule has 0 spiro atoms. The van der Waals surface area contributed by atoms with Gasteiger partial charge in [-0.25, -0.2) is 0 Å². The van der Waals surface area contributed by atoms with Gasteiger partial charge >= 0.3 is 0 Å². The van der Waals surface area contributed by atoms with Crippen LogP contribution in [0, 0.1) is 0 Å². The summed E-state index contributed by atoms with van der Waals surface area (Å²) in [7, 11) is 1.93. The molecule has 168 valence electrons. The Morgan fingerprint density at radius 2 is 1.39 bits per heavy atom. The van der Waals surface area contributed by atoms with Crippen molar-refractivity contribution in [3.8, 4) is 5.75 Å². The lowest BCUT2D eigenvalue weighted by Crippen LogP contribution is -2.05. The molecule has 0 aliphatic heterocycles. The van der Waals surface area contributed by atoms with Gasteiger partial charge in [-0.1, -0.05) is 51.4 Å². The van der Waals surface area contributed by atoms with E-state index in [-0.39, 0.29) is 6.10 Å². The van der Waals surface area contributed by atoms with Crippen molar-refractivity contribution in [3.05, 3.63) is 82.9 Å². The Balaban J connectivity index is 0.00000113. The van der Waals surface area contributed by atoms with E-state index in [0.717, 1.165) is 34.3 Å². The molecule has 0 saturated heterocycles. The summed E-state index contributed by atoms with van der Waals surface area (Å²) in [6.45, 7) is 12.1. The minimum atomic E-state index is 0.170. The maximum Gasteiger partial charge on any atom is 0.119 e. The average molecular weight is 441 g/mol. The molecule has 31 heavy (non-hydrogen) atoms. The molecule has 0 aliphatic rings. The Hall–Kier alpha value is -2.65. The van der Waals surface area contributed by atoms with Crippen molar-refractivity contribution < 1.29 is 4.74 Å². The molecule has 3 nitrogen and oxygen atoms in total. The second-order valence-electron chi connectivity index (χ2n) is 6.74. The molecule has 0 saturated carbocycles. The normalized spacial score (nSPS) is 9.71. The monoisotopic (exact) mass is 440 g/mol. The predicted octanol–water partition coefficient (Wildman–Crippen LogP) is 8.56. The average Bonchev–Trinajstić information content (AvgIpc) is 2.80. The second kappa shape index (κ2) is 14.4. The number of hydrogen-bond acceptors (Lipinski definition) is 3. The van der Waals surface area contributed by atoms with Crippen LogP contribution in [0.5, 0.6) is 5.75 Å². The van der Waals surface area contributed by atoms with Crippen LogP contribution in [0.3, 0.4) is 0 Å². The van der Waals surface area contributed by atoms with Gasteiger partial charge in [-0.05, 0) is 86.0 Å². The van der Waals surface area contributed by atoms with Gasteiger partial charge in [0.1, 0.15) is 5.75 Å². The molecule has 0 radical (unpaired) electrons. The standard InChI is InChI=1S/C23H25ClN2O.2C2H6/c1-16(2)27-22-11-8-20(9-12-22)26-23-13-10-21(25-3)15-18(23)14-17-4-6-19(24)7-5-17;2*1-2/h4-13,15-16,25-26H,14H2,1-3H3;2*1-2H3. The summed E-state index contributed by atoms with van der Waals surface area (Å²) in [5.41, 5.74) is 5.63. The number of halogens is 1. The fraction of sp³-hybridized carbons (Fsp3) is 0.333. The lowest BCUT2D eigenvalue weighted by atomic mass is 10.0. The third-order valence-corrected chi connectivity index (χ3v) is 4.46. The maximum absolute atomic E-state index is 6.01. The van der Waals surface area contributed by atoms with E-state index < -0.39 is 0 Å². The summed E-state index contributed by atoms with van der Waals surface area (Å²) in [6, 6.07) is 22.4. The molecule has 0 aromatic heterocycles. The zero-order chi connectivity index (χ0) is 23.2. The summed E-state index contributed by atoms with van der Waals surface area (Å²) < 4.78 is 5.72. The van der Waals surface area contributed by atoms with Crippen molar-refractivity contribution in [2.75, 3.05) is 17.7 Å². The maximum atomic E-state index is 6.01. The largest absolute Gasteiger partial charge is 0.491 e. The molecule has 3 aromatic carbocycles. The van der Waals surface area contributed by atoms with Gasteiger partial charge in [-0.15, -0.1) is 0 Å². The summed E-state index contributed by atoms with van der Waals surface area (Å²) in [5.74, 6) is 0.877. The highest BCUT2D eigenvalue weighted by molar-refractivity contribution is 6.30. The van der Waals surface area contributed by atoms with Gasteiger partial charge in [0.25, 0.3) is 0 Å². The molecule has 0 atom stereocenters. The third-order valence-electron chi connectivity index (χ3n) is 4.21. The van der Waals surface area contributed by atoms with Crippen LogP contribution in [0.1, 0.15) is 52.7 Å². The van der Waals surface area contributed by atoms with Gasteiger partial charge < -0.3 is 15.4 Å². The molecule has 3 aromatic rings. The summed E-state index contributed by atoms with van der Waals surface area (Å²) in [4.78, 5) is 0. The van der Waals surface area contributed by atoms with Crippen molar-refractivity contribution in [1.82, 2.24) is 0 Å². The topological polar surface area (TPSA) is 33.3 Å². The van der Waals surface area contributed by atoms with Gasteiger partial charge in [-0.3, -0.25) is 0 Å². The fourth-order valence-electron chi connectivity index (χ4n) is 2.88. The van der Waals surface area contributed by atoms with E-state index >= 15 is 0 Å². The summed E-state index contributed by atoms with van der Waals surface area (Å²) >= 11 is 6.01. The lowest BCUT2D eigenvalue weighted by molar-refractivity contribution is 0.242. The predicted molar refractivity (Wildman–Crippen MR) is 138 cm³/mol. The second-order valence-corrected chi connectivity index (χ2v) is 7.18. The lowest BCUT2D eigenvalue weighted by Gasteiger charge is -2.15. The van der Waals surface area contributed by atoms with Crippen LogP contribution in [0.2, 0.25) is 5.02 Å². The summed E-state index contributed by atoms with van der Waals surface area (Å²) in [5, 5.41) is 7.49. The number of rotatable bonds is 7. The molecule has 4 heteroatoms. The highest BCUT2D eigenvalue weighted by atomic mass is 35.5. The summed E-state index contributed by atoms with van der Waals surface area (Å²) in [6.07, 6.45) is 0.993. The first-order valence-electron chi connectivity index (χ1n) is 11.1. The number of anilines is 3. The van der Waals surface area contributed by atoms with Crippen LogP contribution in [0.15, 0.2) is 66.7 Å². The zero-order valence-corrected chi connectivity index (χ0v) is 20.7. The van der Waals surface area contributed by atoms with E-state index in [4.69, 9.17) is 16.3 Å². The van der Waals surface area contributed by atoms with Crippen molar-refractivity contribution in [2.24, 2.45) is 0 Å². The molecule has 3 rings (SSSR count). The first-order valence-corrected chi connectivity index (χ1v) is 11.5. The highest BCUT2D eigenvalue weighted by Gasteiger charge is 2.07. The first-order chi connectivity index (χ1) is 15.0. The van der Waals surface area contributed by atoms with Gasteiger partial charge in [0.2, 0.25) is 0 Å². The van der Waals surface area contributed by atoms with Crippen molar-refractivity contribution in [3.63, 3.8) is 0 Å². The molecule has 0 bridgehead atoms. The molecule has 0 aliphatic carbocycles. The van der Waals surface area contributed by atoms with Gasteiger partial charge in [0.05, 0.1) is 6.10 Å². The Labute approximate surface area is 193 Å². The van der Waals surface area contributed by atoms with Gasteiger partial charge in [0.15, 0.2) is 0 Å². The SMILES string of the molecule is CC.CC.CNc1ccc(Nc2ccc(OC(C)C)cc2)c(Cc2ccc(Cl)cc2)c1. The van der Waals surface area contributed by atoms with Crippen LogP contribution < -0.4 is 15.4 Å². The Morgan fingerprint density at radius 3 is 1.94 bits per heavy atom. The molecule has 0 unspecified atom stereocenters. The number of ether oxygens (including phenoxy) is 1. The van der Waals surface area contributed by atoms with E-state index in [0.29, 0.717) is 0 Å². The highest BCUT2D eigenvalue weighted by Crippen LogP contribution is 2.28. The fourth-order valence-corrected chi connectivity index (χ4v) is 3.01. The molecular formula is C27H37ClN2O. The molecule has 0 heterocycles. The Morgan fingerprint density at radius 1 is 0.806 bits per heavy atom.